The van der Waals surface area contributed by atoms with Crippen LogP contribution in [0.2, 0.25) is 0 Å². The molecule has 0 saturated heterocycles. The van der Waals surface area contributed by atoms with Crippen molar-refractivity contribution in [1.29, 1.82) is 0 Å². The molecule has 2 aliphatic rings. The zero-order valence-corrected chi connectivity index (χ0v) is 13.3. The number of methoxy groups -OCH3 is 2. The molecule has 1 N–H and O–H groups in total. The lowest BCUT2D eigenvalue weighted by Crippen LogP contribution is -2.57. The first kappa shape index (κ1) is 14.9. The van der Waals surface area contributed by atoms with Gasteiger partial charge in [0, 0.05) is 31.2 Å². The molecule has 0 radical (unpaired) electrons. The van der Waals surface area contributed by atoms with E-state index in [0.29, 0.717) is 5.41 Å². The molecule has 1 aromatic carbocycles. The van der Waals surface area contributed by atoms with Gasteiger partial charge >= 0.3 is 0 Å². The van der Waals surface area contributed by atoms with Crippen LogP contribution in [0.5, 0.6) is 5.75 Å². The number of hydrogen-bond donors (Lipinski definition) is 1. The van der Waals surface area contributed by atoms with Crippen molar-refractivity contribution >= 4 is 0 Å². The van der Waals surface area contributed by atoms with E-state index in [1.165, 1.54) is 37.7 Å². The number of hydrogen-bond acceptors (Lipinski definition) is 3. The molecule has 0 unspecified atom stereocenters. The van der Waals surface area contributed by atoms with Gasteiger partial charge in [-0.3, -0.25) is 0 Å². The highest BCUT2D eigenvalue weighted by atomic mass is 16.5. The number of para-hydroxylation sites is 1. The van der Waals surface area contributed by atoms with Gasteiger partial charge in [0.25, 0.3) is 0 Å². The average molecular weight is 289 g/mol. The van der Waals surface area contributed by atoms with Gasteiger partial charge < -0.3 is 14.8 Å². The molecule has 1 spiro atoms. The quantitative estimate of drug-likeness (QED) is 0.782. The summed E-state index contributed by atoms with van der Waals surface area (Å²) < 4.78 is 10.8. The van der Waals surface area contributed by atoms with Gasteiger partial charge in [-0.25, -0.2) is 0 Å². The zero-order chi connectivity index (χ0) is 14.8. The highest BCUT2D eigenvalue weighted by Gasteiger charge is 2.57. The third kappa shape index (κ3) is 2.69. The van der Waals surface area contributed by atoms with Gasteiger partial charge in [0.15, 0.2) is 0 Å². The second-order valence-electron chi connectivity index (χ2n) is 6.86. The predicted octanol–water partition coefficient (Wildman–Crippen LogP) is 3.13. The summed E-state index contributed by atoms with van der Waals surface area (Å²) in [6.07, 6.45) is 6.86. The molecular weight excluding hydrogens is 262 g/mol. The van der Waals surface area contributed by atoms with Crippen LogP contribution in [0.3, 0.4) is 0 Å². The molecule has 21 heavy (non-hydrogen) atoms. The summed E-state index contributed by atoms with van der Waals surface area (Å²) in [7, 11) is 3.53. The molecular formula is C18H27NO2. The minimum Gasteiger partial charge on any atom is -0.496 e. The molecule has 116 valence electrons. The van der Waals surface area contributed by atoms with Crippen LogP contribution in [0.1, 0.15) is 37.7 Å². The summed E-state index contributed by atoms with van der Waals surface area (Å²) in [5, 5.41) is 3.58. The Balaban J connectivity index is 1.76. The number of rotatable bonds is 7. The maximum atomic E-state index is 5.62. The smallest absolute Gasteiger partial charge is 0.122 e. The molecule has 0 amide bonds. The Morgan fingerprint density at radius 3 is 2.52 bits per heavy atom. The van der Waals surface area contributed by atoms with Crippen LogP contribution in [0.4, 0.5) is 0 Å². The van der Waals surface area contributed by atoms with Crippen molar-refractivity contribution in [3.8, 4) is 5.75 Å². The van der Waals surface area contributed by atoms with E-state index in [1.807, 2.05) is 0 Å². The number of benzene rings is 1. The van der Waals surface area contributed by atoms with E-state index in [2.05, 4.69) is 29.6 Å². The van der Waals surface area contributed by atoms with Crippen LogP contribution in [-0.2, 0) is 10.2 Å². The molecule has 0 heterocycles. The summed E-state index contributed by atoms with van der Waals surface area (Å²) in [4.78, 5) is 0. The molecule has 2 saturated carbocycles. The standard InChI is InChI=1S/C18H27NO2/c1-20-11-10-19-14-18(12-17(13-18)8-5-9-17)15-6-3-4-7-16(15)21-2/h3-4,6-7,19H,5,8-14H2,1-2H3. The lowest BCUT2D eigenvalue weighted by Gasteiger charge is -2.62. The minimum atomic E-state index is 0.251. The first-order valence-corrected chi connectivity index (χ1v) is 8.07. The van der Waals surface area contributed by atoms with Crippen LogP contribution in [-0.4, -0.2) is 33.9 Å². The highest BCUT2D eigenvalue weighted by Crippen LogP contribution is 2.65. The first-order valence-electron chi connectivity index (χ1n) is 8.07. The van der Waals surface area contributed by atoms with Gasteiger partial charge in [-0.2, -0.15) is 0 Å². The summed E-state index contributed by atoms with van der Waals surface area (Å²) >= 11 is 0. The first-order chi connectivity index (χ1) is 10.2. The van der Waals surface area contributed by atoms with E-state index in [0.717, 1.165) is 25.4 Å². The molecule has 0 aliphatic heterocycles. The fourth-order valence-corrected chi connectivity index (χ4v) is 4.41. The van der Waals surface area contributed by atoms with Gasteiger partial charge in [-0.05, 0) is 37.2 Å². The van der Waals surface area contributed by atoms with Crippen molar-refractivity contribution in [2.24, 2.45) is 5.41 Å². The Kier molecular flexibility index (Phi) is 4.23. The zero-order valence-electron chi connectivity index (χ0n) is 13.3. The molecule has 2 fully saturated rings. The Labute approximate surface area is 128 Å². The van der Waals surface area contributed by atoms with Gasteiger partial charge in [-0.1, -0.05) is 24.6 Å². The van der Waals surface area contributed by atoms with Crippen molar-refractivity contribution < 1.29 is 9.47 Å². The second-order valence-corrected chi connectivity index (χ2v) is 6.86. The molecule has 3 heteroatoms. The van der Waals surface area contributed by atoms with Crippen LogP contribution >= 0.6 is 0 Å². The normalized spacial score (nSPS) is 21.6. The Bertz CT molecular complexity index is 474. The van der Waals surface area contributed by atoms with Gasteiger partial charge in [0.1, 0.15) is 5.75 Å². The fraction of sp³-hybridized carbons (Fsp3) is 0.667. The van der Waals surface area contributed by atoms with Crippen molar-refractivity contribution in [3.63, 3.8) is 0 Å². The van der Waals surface area contributed by atoms with Crippen LogP contribution in [0.15, 0.2) is 24.3 Å². The van der Waals surface area contributed by atoms with Crippen LogP contribution in [0, 0.1) is 5.41 Å². The summed E-state index contributed by atoms with van der Waals surface area (Å²) in [6.45, 7) is 2.71. The summed E-state index contributed by atoms with van der Waals surface area (Å²) in [5.74, 6) is 1.04. The molecule has 0 aromatic heterocycles. The monoisotopic (exact) mass is 289 g/mol. The minimum absolute atomic E-state index is 0.251. The molecule has 3 nitrogen and oxygen atoms in total. The number of ether oxygens (including phenoxy) is 2. The van der Waals surface area contributed by atoms with Crippen molar-refractivity contribution in [2.45, 2.75) is 37.5 Å². The predicted molar refractivity (Wildman–Crippen MR) is 84.9 cm³/mol. The third-order valence-electron chi connectivity index (χ3n) is 5.47. The van der Waals surface area contributed by atoms with Crippen LogP contribution in [0.25, 0.3) is 0 Å². The summed E-state index contributed by atoms with van der Waals surface area (Å²) in [5.41, 5.74) is 2.28. The van der Waals surface area contributed by atoms with E-state index < -0.39 is 0 Å². The molecule has 3 rings (SSSR count). The van der Waals surface area contributed by atoms with E-state index >= 15 is 0 Å². The van der Waals surface area contributed by atoms with E-state index in [-0.39, 0.29) is 5.41 Å². The van der Waals surface area contributed by atoms with E-state index in [9.17, 15) is 0 Å². The van der Waals surface area contributed by atoms with Crippen molar-refractivity contribution in [3.05, 3.63) is 29.8 Å². The van der Waals surface area contributed by atoms with Crippen molar-refractivity contribution in [1.82, 2.24) is 5.32 Å². The van der Waals surface area contributed by atoms with Gasteiger partial charge in [0.05, 0.1) is 13.7 Å². The lowest BCUT2D eigenvalue weighted by molar-refractivity contribution is -0.0493. The highest BCUT2D eigenvalue weighted by molar-refractivity contribution is 5.43. The fourth-order valence-electron chi connectivity index (χ4n) is 4.41. The Hall–Kier alpha value is -1.06. The summed E-state index contributed by atoms with van der Waals surface area (Å²) in [6, 6.07) is 8.55. The largest absolute Gasteiger partial charge is 0.496 e. The van der Waals surface area contributed by atoms with Crippen LogP contribution < -0.4 is 10.1 Å². The van der Waals surface area contributed by atoms with Gasteiger partial charge in [0.2, 0.25) is 0 Å². The molecule has 1 aromatic rings. The number of nitrogens with one attached hydrogen (secondary N) is 1. The maximum absolute atomic E-state index is 5.62. The molecule has 0 bridgehead atoms. The van der Waals surface area contributed by atoms with Crippen molar-refractivity contribution in [2.75, 3.05) is 33.9 Å². The topological polar surface area (TPSA) is 30.5 Å². The average Bonchev–Trinajstić information content (AvgIpc) is 2.44. The van der Waals surface area contributed by atoms with Gasteiger partial charge in [-0.15, -0.1) is 0 Å². The lowest BCUT2D eigenvalue weighted by atomic mass is 9.43. The van der Waals surface area contributed by atoms with E-state index in [4.69, 9.17) is 9.47 Å². The SMILES string of the molecule is COCCNCC1(c2ccccc2OC)CC2(CCC2)C1. The second kappa shape index (κ2) is 5.98. The molecule has 2 aliphatic carbocycles. The Morgan fingerprint density at radius 2 is 1.90 bits per heavy atom. The maximum Gasteiger partial charge on any atom is 0.122 e. The Morgan fingerprint density at radius 1 is 1.14 bits per heavy atom. The van der Waals surface area contributed by atoms with E-state index in [1.54, 1.807) is 14.2 Å². The molecule has 0 atom stereocenters. The third-order valence-corrected chi connectivity index (χ3v) is 5.47.